The van der Waals surface area contributed by atoms with E-state index >= 15 is 0 Å². The van der Waals surface area contributed by atoms with Crippen molar-refractivity contribution >= 4 is 14.8 Å². The summed E-state index contributed by atoms with van der Waals surface area (Å²) in [6.45, 7) is 11.5. The first-order valence-corrected chi connectivity index (χ1v) is 6.72. The van der Waals surface area contributed by atoms with Gasteiger partial charge in [-0.3, -0.25) is 4.79 Å². The fraction of sp³-hybridized carbons (Fsp3) is 0.300. The minimum atomic E-state index is -2.02. The van der Waals surface area contributed by atoms with Crippen LogP contribution < -0.4 is 0 Å². The van der Waals surface area contributed by atoms with E-state index in [9.17, 15) is 4.79 Å². The maximum atomic E-state index is 10.4. The molecule has 0 aromatic rings. The van der Waals surface area contributed by atoms with Crippen LogP contribution in [0.3, 0.4) is 0 Å². The van der Waals surface area contributed by atoms with E-state index in [1.165, 1.54) is 0 Å². The van der Waals surface area contributed by atoms with Crippen LogP contribution in [0, 0.1) is 0 Å². The third-order valence-corrected chi connectivity index (χ3v) is 5.54. The van der Waals surface area contributed by atoms with Crippen molar-refractivity contribution in [2.75, 3.05) is 0 Å². The van der Waals surface area contributed by atoms with E-state index in [2.05, 4.69) is 19.7 Å². The van der Waals surface area contributed by atoms with Gasteiger partial charge in [0.1, 0.15) is 0 Å². The van der Waals surface area contributed by atoms with Gasteiger partial charge >= 0.3 is 0 Å². The van der Waals surface area contributed by atoms with E-state index in [0.29, 0.717) is 6.47 Å². The number of carbonyl (C=O) groups is 1. The van der Waals surface area contributed by atoms with Crippen LogP contribution in [0.25, 0.3) is 0 Å². The summed E-state index contributed by atoms with van der Waals surface area (Å²) in [5.41, 5.74) is 0. The molecule has 0 aliphatic rings. The molecule has 0 bridgehead atoms. The van der Waals surface area contributed by atoms with Gasteiger partial charge in [-0.05, 0) is 18.1 Å². The zero-order valence-corrected chi connectivity index (χ0v) is 8.87. The second-order valence-corrected chi connectivity index (χ2v) is 6.70. The van der Waals surface area contributed by atoms with Crippen LogP contribution in [0.15, 0.2) is 38.0 Å². The summed E-state index contributed by atoms with van der Waals surface area (Å²) in [6, 6.07) is 2.26. The van der Waals surface area contributed by atoms with Crippen LogP contribution >= 0.6 is 0 Å². The summed E-state index contributed by atoms with van der Waals surface area (Å²) in [5.74, 6) is 0. The van der Waals surface area contributed by atoms with Crippen molar-refractivity contribution in [2.45, 2.75) is 18.1 Å². The zero-order chi connectivity index (χ0) is 10.2. The fourth-order valence-corrected chi connectivity index (χ4v) is 3.86. The van der Waals surface area contributed by atoms with E-state index in [0.717, 1.165) is 18.1 Å². The highest BCUT2D eigenvalue weighted by molar-refractivity contribution is 6.76. The molecule has 0 aromatic heterocycles. The predicted molar refractivity (Wildman–Crippen MR) is 57.9 cm³/mol. The van der Waals surface area contributed by atoms with Crippen molar-refractivity contribution in [3.8, 4) is 0 Å². The molecule has 0 radical (unpaired) electrons. The Balaban J connectivity index is 4.53. The molecule has 72 valence electrons. The number of hydrogen-bond acceptors (Lipinski definition) is 2. The van der Waals surface area contributed by atoms with Crippen molar-refractivity contribution in [1.82, 2.24) is 0 Å². The van der Waals surface area contributed by atoms with Crippen LogP contribution in [0.1, 0.15) is 0 Å². The standard InChI is InChI=1S/C10H16O2Si/c1-4-7-13(8-5-2,9-6-3)12-10-11/h4-6,10H,1-3,7-9H2. The normalized spacial score (nSPS) is 10.2. The Morgan fingerprint density at radius 2 is 1.38 bits per heavy atom. The summed E-state index contributed by atoms with van der Waals surface area (Å²) in [5, 5.41) is 0. The molecule has 0 atom stereocenters. The molecule has 0 saturated carbocycles. The Morgan fingerprint density at radius 1 is 1.00 bits per heavy atom. The summed E-state index contributed by atoms with van der Waals surface area (Å²) < 4.78 is 5.20. The van der Waals surface area contributed by atoms with Crippen LogP contribution in [-0.2, 0) is 9.22 Å². The van der Waals surface area contributed by atoms with E-state index in [4.69, 9.17) is 4.43 Å². The van der Waals surface area contributed by atoms with E-state index < -0.39 is 8.32 Å². The van der Waals surface area contributed by atoms with Gasteiger partial charge in [-0.15, -0.1) is 19.7 Å². The van der Waals surface area contributed by atoms with E-state index in [1.807, 2.05) is 0 Å². The molecule has 0 spiro atoms. The highest BCUT2D eigenvalue weighted by atomic mass is 28.4. The SMILES string of the molecule is C=CC[Si](CC=C)(CC=C)OC=O. The summed E-state index contributed by atoms with van der Waals surface area (Å²) in [7, 11) is -2.02. The van der Waals surface area contributed by atoms with Gasteiger partial charge in [0, 0.05) is 0 Å². The van der Waals surface area contributed by atoms with Gasteiger partial charge in [-0.25, -0.2) is 0 Å². The van der Waals surface area contributed by atoms with Crippen molar-refractivity contribution in [2.24, 2.45) is 0 Å². The lowest BCUT2D eigenvalue weighted by atomic mass is 10.7. The van der Waals surface area contributed by atoms with Crippen molar-refractivity contribution in [3.05, 3.63) is 38.0 Å². The average Bonchev–Trinajstić information content (AvgIpc) is 2.06. The minimum absolute atomic E-state index is 0.530. The highest BCUT2D eigenvalue weighted by Gasteiger charge is 2.32. The van der Waals surface area contributed by atoms with Crippen molar-refractivity contribution < 1.29 is 9.22 Å². The second kappa shape index (κ2) is 6.43. The first-order valence-electron chi connectivity index (χ1n) is 4.19. The topological polar surface area (TPSA) is 26.3 Å². The highest BCUT2D eigenvalue weighted by Crippen LogP contribution is 2.23. The smallest absolute Gasteiger partial charge is 0.279 e. The molecular weight excluding hydrogens is 180 g/mol. The molecule has 0 N–H and O–H groups in total. The third kappa shape index (κ3) is 3.89. The molecule has 0 aliphatic heterocycles. The Kier molecular flexibility index (Phi) is 5.89. The van der Waals surface area contributed by atoms with Crippen LogP contribution in [-0.4, -0.2) is 14.8 Å². The number of allylic oxidation sites excluding steroid dienone is 3. The molecule has 13 heavy (non-hydrogen) atoms. The quantitative estimate of drug-likeness (QED) is 0.339. The lowest BCUT2D eigenvalue weighted by molar-refractivity contribution is -0.121. The molecule has 0 saturated heterocycles. The Morgan fingerprint density at radius 3 is 1.62 bits per heavy atom. The van der Waals surface area contributed by atoms with Gasteiger partial charge in [-0.1, -0.05) is 18.2 Å². The van der Waals surface area contributed by atoms with E-state index in [1.54, 1.807) is 18.2 Å². The van der Waals surface area contributed by atoms with Gasteiger partial charge < -0.3 is 4.43 Å². The molecule has 0 rings (SSSR count). The number of carbonyl (C=O) groups excluding carboxylic acids is 1. The zero-order valence-electron chi connectivity index (χ0n) is 7.87. The van der Waals surface area contributed by atoms with Crippen molar-refractivity contribution in [3.63, 3.8) is 0 Å². The van der Waals surface area contributed by atoms with Gasteiger partial charge in [0.25, 0.3) is 14.8 Å². The molecular formula is C10H16O2Si. The van der Waals surface area contributed by atoms with Gasteiger partial charge in [0.2, 0.25) is 0 Å². The average molecular weight is 196 g/mol. The molecule has 0 amide bonds. The lowest BCUT2D eigenvalue weighted by Gasteiger charge is -2.25. The van der Waals surface area contributed by atoms with Crippen LogP contribution in [0.5, 0.6) is 0 Å². The van der Waals surface area contributed by atoms with Gasteiger partial charge in [-0.2, -0.15) is 0 Å². The largest absolute Gasteiger partial charge is 0.520 e. The molecule has 2 nitrogen and oxygen atoms in total. The fourth-order valence-electron chi connectivity index (χ4n) is 1.29. The summed E-state index contributed by atoms with van der Waals surface area (Å²) in [6.07, 6.45) is 5.38. The summed E-state index contributed by atoms with van der Waals surface area (Å²) in [4.78, 5) is 10.4. The first-order chi connectivity index (χ1) is 6.24. The lowest BCUT2D eigenvalue weighted by Crippen LogP contribution is -2.35. The number of hydrogen-bond donors (Lipinski definition) is 0. The van der Waals surface area contributed by atoms with Crippen molar-refractivity contribution in [1.29, 1.82) is 0 Å². The third-order valence-electron chi connectivity index (χ3n) is 1.85. The maximum absolute atomic E-state index is 10.4. The maximum Gasteiger partial charge on any atom is 0.279 e. The molecule has 0 heterocycles. The Hall–Kier alpha value is -1.09. The number of rotatable bonds is 8. The molecule has 0 fully saturated rings. The molecule has 0 aliphatic carbocycles. The van der Waals surface area contributed by atoms with Gasteiger partial charge in [0.15, 0.2) is 0 Å². The monoisotopic (exact) mass is 196 g/mol. The minimum Gasteiger partial charge on any atom is -0.520 e. The van der Waals surface area contributed by atoms with Gasteiger partial charge in [0.05, 0.1) is 0 Å². The van der Waals surface area contributed by atoms with Crippen LogP contribution in [0.4, 0.5) is 0 Å². The Bertz CT molecular complexity index is 154. The van der Waals surface area contributed by atoms with E-state index in [-0.39, 0.29) is 0 Å². The molecule has 3 heteroatoms. The molecule has 0 unspecified atom stereocenters. The summed E-state index contributed by atoms with van der Waals surface area (Å²) >= 11 is 0. The molecule has 0 aromatic carbocycles. The second-order valence-electron chi connectivity index (χ2n) is 2.88. The Labute approximate surface area is 80.7 Å². The predicted octanol–water partition coefficient (Wildman–Crippen LogP) is 2.66. The first kappa shape index (κ1) is 11.9. The van der Waals surface area contributed by atoms with Crippen LogP contribution in [0.2, 0.25) is 18.1 Å².